The highest BCUT2D eigenvalue weighted by Crippen LogP contribution is 2.20. The lowest BCUT2D eigenvalue weighted by molar-refractivity contribution is 0.0697. The summed E-state index contributed by atoms with van der Waals surface area (Å²) in [6.45, 7) is 5.45. The van der Waals surface area contributed by atoms with Crippen LogP contribution in [0.25, 0.3) is 0 Å². The number of nitrogens with two attached hydrogens (primary N) is 1. The molecule has 0 radical (unpaired) electrons. The smallest absolute Gasteiger partial charge is 0.335 e. The Morgan fingerprint density at radius 3 is 2.95 bits per heavy atom. The van der Waals surface area contributed by atoms with E-state index in [9.17, 15) is 4.79 Å². The van der Waals surface area contributed by atoms with E-state index in [1.807, 2.05) is 0 Å². The van der Waals surface area contributed by atoms with Gasteiger partial charge in [-0.1, -0.05) is 6.42 Å². The molecule has 5 heteroatoms. The van der Waals surface area contributed by atoms with E-state index < -0.39 is 5.97 Å². The van der Waals surface area contributed by atoms with Gasteiger partial charge in [-0.2, -0.15) is 0 Å². The van der Waals surface area contributed by atoms with E-state index in [0.29, 0.717) is 11.7 Å². The van der Waals surface area contributed by atoms with Crippen LogP contribution in [0.1, 0.15) is 43.0 Å². The van der Waals surface area contributed by atoms with Crippen LogP contribution < -0.4 is 11.1 Å². The Balaban J connectivity index is 1.77. The predicted octanol–water partition coefficient (Wildman–Crippen LogP) is 2.64. The first-order valence-electron chi connectivity index (χ1n) is 7.68. The van der Waals surface area contributed by atoms with Crippen molar-refractivity contribution in [2.45, 2.75) is 38.6 Å². The van der Waals surface area contributed by atoms with Crippen molar-refractivity contribution < 1.29 is 9.90 Å². The van der Waals surface area contributed by atoms with E-state index in [1.54, 1.807) is 12.1 Å². The van der Waals surface area contributed by atoms with Crippen LogP contribution in [0, 0.1) is 0 Å². The maximum Gasteiger partial charge on any atom is 0.335 e. The molecule has 0 aliphatic carbocycles. The Labute approximate surface area is 126 Å². The topological polar surface area (TPSA) is 78.6 Å². The second-order valence-electron chi connectivity index (χ2n) is 5.77. The third-order valence-electron chi connectivity index (χ3n) is 4.18. The number of carbonyl (C=O) groups is 1. The summed E-state index contributed by atoms with van der Waals surface area (Å²) in [5.74, 6) is -0.952. The number of aromatic carboxylic acids is 1. The molecular formula is C16H25N3O2. The predicted molar refractivity (Wildman–Crippen MR) is 85.8 cm³/mol. The second-order valence-corrected chi connectivity index (χ2v) is 5.77. The molecule has 1 atom stereocenters. The number of rotatable bonds is 6. The molecule has 0 spiro atoms. The van der Waals surface area contributed by atoms with Gasteiger partial charge >= 0.3 is 5.97 Å². The molecule has 1 saturated heterocycles. The first-order valence-corrected chi connectivity index (χ1v) is 7.68. The number of nitrogens with one attached hydrogen (secondary N) is 1. The van der Waals surface area contributed by atoms with Crippen LogP contribution >= 0.6 is 0 Å². The van der Waals surface area contributed by atoms with Gasteiger partial charge in [0.2, 0.25) is 0 Å². The molecule has 21 heavy (non-hydrogen) atoms. The zero-order valence-corrected chi connectivity index (χ0v) is 12.6. The van der Waals surface area contributed by atoms with Gasteiger partial charge in [-0.15, -0.1) is 0 Å². The zero-order chi connectivity index (χ0) is 15.2. The van der Waals surface area contributed by atoms with Crippen LogP contribution in [0.15, 0.2) is 18.2 Å². The van der Waals surface area contributed by atoms with Gasteiger partial charge in [-0.05, 0) is 50.9 Å². The van der Waals surface area contributed by atoms with Gasteiger partial charge < -0.3 is 21.1 Å². The fourth-order valence-corrected chi connectivity index (χ4v) is 2.85. The van der Waals surface area contributed by atoms with Crippen molar-refractivity contribution in [3.8, 4) is 0 Å². The average Bonchev–Trinajstić information content (AvgIpc) is 2.46. The van der Waals surface area contributed by atoms with Gasteiger partial charge in [0.05, 0.1) is 16.9 Å². The van der Waals surface area contributed by atoms with Gasteiger partial charge in [0.15, 0.2) is 0 Å². The molecule has 0 saturated carbocycles. The summed E-state index contributed by atoms with van der Waals surface area (Å²) in [5, 5.41) is 12.2. The maximum atomic E-state index is 10.8. The molecule has 1 aromatic carbocycles. The van der Waals surface area contributed by atoms with Gasteiger partial charge in [0, 0.05) is 19.1 Å². The molecule has 1 fully saturated rings. The van der Waals surface area contributed by atoms with Crippen molar-refractivity contribution in [1.82, 2.24) is 4.90 Å². The summed E-state index contributed by atoms with van der Waals surface area (Å²) in [6, 6.07) is 5.51. The average molecular weight is 291 g/mol. The third-order valence-corrected chi connectivity index (χ3v) is 4.18. The number of anilines is 2. The summed E-state index contributed by atoms with van der Waals surface area (Å²) in [7, 11) is 0. The molecule has 0 aromatic heterocycles. The maximum absolute atomic E-state index is 10.8. The molecule has 1 aliphatic rings. The number of nitrogen functional groups attached to an aromatic ring is 1. The van der Waals surface area contributed by atoms with Crippen molar-refractivity contribution in [2.24, 2.45) is 0 Å². The molecule has 4 N–H and O–H groups in total. The van der Waals surface area contributed by atoms with Gasteiger partial charge in [-0.25, -0.2) is 4.79 Å². The number of carboxylic acid groups (broad SMARTS) is 1. The number of hydrogen-bond donors (Lipinski definition) is 3. The van der Waals surface area contributed by atoms with Crippen molar-refractivity contribution in [2.75, 3.05) is 30.7 Å². The molecule has 1 heterocycles. The minimum atomic E-state index is -0.952. The van der Waals surface area contributed by atoms with E-state index in [-0.39, 0.29) is 5.56 Å². The second kappa shape index (κ2) is 7.31. The van der Waals surface area contributed by atoms with Crippen LogP contribution in [-0.2, 0) is 0 Å². The van der Waals surface area contributed by atoms with Gasteiger partial charge in [0.25, 0.3) is 0 Å². The summed E-state index contributed by atoms with van der Waals surface area (Å²) in [4.78, 5) is 13.4. The first-order chi connectivity index (χ1) is 10.1. The minimum Gasteiger partial charge on any atom is -0.478 e. The van der Waals surface area contributed by atoms with Crippen molar-refractivity contribution in [3.05, 3.63) is 23.8 Å². The summed E-state index contributed by atoms with van der Waals surface area (Å²) < 4.78 is 0. The molecule has 0 bridgehead atoms. The Kier molecular flexibility index (Phi) is 5.44. The summed E-state index contributed by atoms with van der Waals surface area (Å²) in [6.07, 6.45) is 5.02. The van der Waals surface area contributed by atoms with E-state index >= 15 is 0 Å². The van der Waals surface area contributed by atoms with Crippen LogP contribution in [-0.4, -0.2) is 41.7 Å². The van der Waals surface area contributed by atoms with Crippen LogP contribution in [0.5, 0.6) is 0 Å². The number of carboxylic acids is 1. The quantitative estimate of drug-likeness (QED) is 0.555. The molecule has 0 amide bonds. The van der Waals surface area contributed by atoms with E-state index in [0.717, 1.165) is 25.2 Å². The minimum absolute atomic E-state index is 0.222. The fraction of sp³-hybridized carbons (Fsp3) is 0.562. The van der Waals surface area contributed by atoms with Crippen molar-refractivity contribution in [3.63, 3.8) is 0 Å². The molecule has 1 aliphatic heterocycles. The normalized spacial score (nSPS) is 19.4. The largest absolute Gasteiger partial charge is 0.478 e. The van der Waals surface area contributed by atoms with E-state index in [4.69, 9.17) is 10.8 Å². The van der Waals surface area contributed by atoms with E-state index in [1.165, 1.54) is 31.9 Å². The van der Waals surface area contributed by atoms with Crippen LogP contribution in [0.4, 0.5) is 11.4 Å². The van der Waals surface area contributed by atoms with Crippen LogP contribution in [0.2, 0.25) is 0 Å². The SMILES string of the molecule is CC1CCCCN1CCCNc1ccc(C(=O)O)cc1N. The number of hydrogen-bond acceptors (Lipinski definition) is 4. The number of benzene rings is 1. The lowest BCUT2D eigenvalue weighted by atomic mass is 10.0. The lowest BCUT2D eigenvalue weighted by Gasteiger charge is -2.33. The Bertz CT molecular complexity index is 490. The highest BCUT2D eigenvalue weighted by atomic mass is 16.4. The van der Waals surface area contributed by atoms with Crippen molar-refractivity contribution >= 4 is 17.3 Å². The monoisotopic (exact) mass is 291 g/mol. The third kappa shape index (κ3) is 4.36. The van der Waals surface area contributed by atoms with Crippen LogP contribution in [0.3, 0.4) is 0 Å². The Morgan fingerprint density at radius 2 is 2.29 bits per heavy atom. The number of piperidine rings is 1. The number of nitrogens with zero attached hydrogens (tertiary/aromatic N) is 1. The molecule has 2 rings (SSSR count). The standard InChI is InChI=1S/C16H25N3O2/c1-12-5-2-3-9-19(12)10-4-8-18-15-7-6-13(16(20)21)11-14(15)17/h6-7,11-12,18H,2-5,8-10,17H2,1H3,(H,20,21). The molecule has 116 valence electrons. The Morgan fingerprint density at radius 1 is 1.48 bits per heavy atom. The molecule has 1 unspecified atom stereocenters. The summed E-state index contributed by atoms with van der Waals surface area (Å²) >= 11 is 0. The van der Waals surface area contributed by atoms with Gasteiger partial charge in [0.1, 0.15) is 0 Å². The zero-order valence-electron chi connectivity index (χ0n) is 12.6. The Hall–Kier alpha value is -1.75. The summed E-state index contributed by atoms with van der Waals surface area (Å²) in [5.41, 5.74) is 7.39. The highest BCUT2D eigenvalue weighted by molar-refractivity contribution is 5.90. The molecule has 5 nitrogen and oxygen atoms in total. The van der Waals surface area contributed by atoms with Gasteiger partial charge in [-0.3, -0.25) is 0 Å². The van der Waals surface area contributed by atoms with Crippen molar-refractivity contribution in [1.29, 1.82) is 0 Å². The molecular weight excluding hydrogens is 266 g/mol. The van der Waals surface area contributed by atoms with E-state index in [2.05, 4.69) is 17.1 Å². The fourth-order valence-electron chi connectivity index (χ4n) is 2.85. The molecule has 1 aromatic rings. The highest BCUT2D eigenvalue weighted by Gasteiger charge is 2.17. The first kappa shape index (κ1) is 15.6. The number of likely N-dealkylation sites (tertiary alicyclic amines) is 1. The lowest BCUT2D eigenvalue weighted by Crippen LogP contribution is -2.38.